The number of carbonyl (C=O) groups excluding carboxylic acids is 1. The molecule has 3 rings (SSSR count). The molecule has 0 aliphatic heterocycles. The molecule has 11 heteroatoms. The van der Waals surface area contributed by atoms with Crippen LogP contribution in [0, 0.1) is 17.0 Å². The number of hydrogen-bond donors (Lipinski definition) is 1. The second-order valence-corrected chi connectivity index (χ2v) is 8.08. The quantitative estimate of drug-likeness (QED) is 0.297. The Morgan fingerprint density at radius 2 is 2.10 bits per heavy atom. The molecule has 1 unspecified atom stereocenters. The number of nitrogens with zero attached hydrogens (tertiary/aromatic N) is 4. The van der Waals surface area contributed by atoms with E-state index in [0.29, 0.717) is 11.0 Å². The number of nitro benzene ring substituents is 1. The van der Waals surface area contributed by atoms with Gasteiger partial charge in [0.1, 0.15) is 5.75 Å². The van der Waals surface area contributed by atoms with Crippen molar-refractivity contribution >= 4 is 40.6 Å². The molecule has 0 saturated carbocycles. The number of nitrogens with one attached hydrogen (secondary N) is 1. The van der Waals surface area contributed by atoms with Crippen molar-refractivity contribution in [3.8, 4) is 5.75 Å². The Morgan fingerprint density at radius 1 is 1.32 bits per heavy atom. The fourth-order valence-electron chi connectivity index (χ4n) is 2.79. The van der Waals surface area contributed by atoms with E-state index in [2.05, 4.69) is 15.5 Å². The molecule has 31 heavy (non-hydrogen) atoms. The predicted molar refractivity (Wildman–Crippen MR) is 119 cm³/mol. The number of amides is 1. The Bertz CT molecular complexity index is 1120. The van der Waals surface area contributed by atoms with Gasteiger partial charge in [0.05, 0.1) is 21.4 Å². The minimum Gasteiger partial charge on any atom is -0.483 e. The molecule has 162 valence electrons. The van der Waals surface area contributed by atoms with Crippen LogP contribution in [0.25, 0.3) is 0 Å². The third-order valence-corrected chi connectivity index (χ3v) is 5.65. The van der Waals surface area contributed by atoms with E-state index in [0.717, 1.165) is 11.3 Å². The van der Waals surface area contributed by atoms with E-state index in [4.69, 9.17) is 16.3 Å². The second-order valence-electron chi connectivity index (χ2n) is 6.73. The first kappa shape index (κ1) is 22.6. The van der Waals surface area contributed by atoms with Crippen molar-refractivity contribution in [1.82, 2.24) is 14.8 Å². The van der Waals surface area contributed by atoms with E-state index in [1.807, 2.05) is 38.1 Å². The second kappa shape index (κ2) is 9.80. The number of anilines is 1. The normalized spacial score (nSPS) is 11.7. The third-order valence-electron chi connectivity index (χ3n) is 4.30. The van der Waals surface area contributed by atoms with Gasteiger partial charge < -0.3 is 14.6 Å². The van der Waals surface area contributed by atoms with Gasteiger partial charge >= 0.3 is 0 Å². The lowest BCUT2D eigenvalue weighted by atomic mass is 10.2. The SMILES string of the molecule is Cc1cccc(OC(C)c2nnc(SCC(=O)Nc3cc([N+](=O)[O-])ccc3Cl)n2C)c1. The van der Waals surface area contributed by atoms with Gasteiger partial charge in [0.25, 0.3) is 5.69 Å². The van der Waals surface area contributed by atoms with E-state index >= 15 is 0 Å². The molecule has 0 aliphatic rings. The smallest absolute Gasteiger partial charge is 0.271 e. The van der Waals surface area contributed by atoms with Crippen molar-refractivity contribution in [2.75, 3.05) is 11.1 Å². The summed E-state index contributed by atoms with van der Waals surface area (Å²) in [6.07, 6.45) is -0.342. The highest BCUT2D eigenvalue weighted by Crippen LogP contribution is 2.28. The summed E-state index contributed by atoms with van der Waals surface area (Å²) < 4.78 is 7.70. The molecule has 1 N–H and O–H groups in total. The van der Waals surface area contributed by atoms with Gasteiger partial charge in [-0.2, -0.15) is 0 Å². The molecule has 0 bridgehead atoms. The number of nitro groups is 1. The van der Waals surface area contributed by atoms with Crippen molar-refractivity contribution in [3.63, 3.8) is 0 Å². The topological polar surface area (TPSA) is 112 Å². The number of aryl methyl sites for hydroxylation is 1. The summed E-state index contributed by atoms with van der Waals surface area (Å²) >= 11 is 7.20. The molecule has 0 radical (unpaired) electrons. The number of halogens is 1. The lowest BCUT2D eigenvalue weighted by Crippen LogP contribution is -2.15. The number of non-ortho nitro benzene ring substituents is 1. The van der Waals surface area contributed by atoms with Crippen molar-refractivity contribution in [3.05, 3.63) is 69.0 Å². The largest absolute Gasteiger partial charge is 0.483 e. The number of benzene rings is 2. The van der Waals surface area contributed by atoms with Gasteiger partial charge in [0.2, 0.25) is 5.91 Å². The molecule has 0 spiro atoms. The summed E-state index contributed by atoms with van der Waals surface area (Å²) in [5, 5.41) is 22.6. The summed E-state index contributed by atoms with van der Waals surface area (Å²) in [6.45, 7) is 3.86. The monoisotopic (exact) mass is 461 g/mol. The van der Waals surface area contributed by atoms with Gasteiger partial charge in [-0.25, -0.2) is 0 Å². The molecule has 3 aromatic rings. The zero-order valence-electron chi connectivity index (χ0n) is 17.0. The fraction of sp³-hybridized carbons (Fsp3) is 0.250. The van der Waals surface area contributed by atoms with Gasteiger partial charge in [-0.3, -0.25) is 14.9 Å². The molecule has 0 aliphatic carbocycles. The Kier molecular flexibility index (Phi) is 7.13. The Morgan fingerprint density at radius 3 is 2.81 bits per heavy atom. The van der Waals surface area contributed by atoms with Crippen molar-refractivity contribution in [1.29, 1.82) is 0 Å². The molecule has 1 amide bonds. The van der Waals surface area contributed by atoms with Crippen LogP contribution in [0.4, 0.5) is 11.4 Å². The number of thioether (sulfide) groups is 1. The minimum absolute atomic E-state index is 0.0259. The summed E-state index contributed by atoms with van der Waals surface area (Å²) in [5.41, 5.74) is 1.11. The summed E-state index contributed by atoms with van der Waals surface area (Å²) in [5.74, 6) is 1.00. The first-order chi connectivity index (χ1) is 14.7. The van der Waals surface area contributed by atoms with Crippen molar-refractivity contribution in [2.45, 2.75) is 25.1 Å². The fourth-order valence-corrected chi connectivity index (χ4v) is 3.67. The zero-order chi connectivity index (χ0) is 22.5. The van der Waals surface area contributed by atoms with Crippen LogP contribution in [0.3, 0.4) is 0 Å². The maximum Gasteiger partial charge on any atom is 0.271 e. The number of carbonyl (C=O) groups is 1. The molecule has 2 aromatic carbocycles. The van der Waals surface area contributed by atoms with Gasteiger partial charge in [0.15, 0.2) is 17.1 Å². The minimum atomic E-state index is -0.554. The molecular weight excluding hydrogens is 442 g/mol. The Hall–Kier alpha value is -3.11. The van der Waals surface area contributed by atoms with E-state index < -0.39 is 4.92 Å². The number of hydrogen-bond acceptors (Lipinski definition) is 7. The first-order valence-electron chi connectivity index (χ1n) is 9.24. The Labute approximate surface area is 187 Å². The summed E-state index contributed by atoms with van der Waals surface area (Å²) in [4.78, 5) is 22.7. The molecular formula is C20H20ClN5O4S. The van der Waals surface area contributed by atoms with Gasteiger partial charge in [-0.15, -0.1) is 10.2 Å². The van der Waals surface area contributed by atoms with Crippen LogP contribution in [0.1, 0.15) is 24.4 Å². The number of aromatic nitrogens is 3. The zero-order valence-corrected chi connectivity index (χ0v) is 18.6. The highest BCUT2D eigenvalue weighted by atomic mass is 35.5. The van der Waals surface area contributed by atoms with E-state index in [1.54, 1.807) is 11.6 Å². The molecule has 9 nitrogen and oxygen atoms in total. The highest BCUT2D eigenvalue weighted by Gasteiger charge is 2.19. The van der Waals surface area contributed by atoms with Gasteiger partial charge in [-0.1, -0.05) is 35.5 Å². The van der Waals surface area contributed by atoms with Crippen LogP contribution in [0.2, 0.25) is 5.02 Å². The molecule has 1 aromatic heterocycles. The van der Waals surface area contributed by atoms with Crippen LogP contribution in [0.15, 0.2) is 47.6 Å². The van der Waals surface area contributed by atoms with Crippen LogP contribution in [-0.2, 0) is 11.8 Å². The van der Waals surface area contributed by atoms with Crippen molar-refractivity contribution in [2.24, 2.45) is 7.05 Å². The molecule has 1 heterocycles. The van der Waals surface area contributed by atoms with Crippen molar-refractivity contribution < 1.29 is 14.5 Å². The van der Waals surface area contributed by atoms with E-state index in [9.17, 15) is 14.9 Å². The maximum atomic E-state index is 12.3. The van der Waals surface area contributed by atoms with Gasteiger partial charge in [-0.05, 0) is 37.6 Å². The predicted octanol–water partition coefficient (Wildman–Crippen LogP) is 4.56. The van der Waals surface area contributed by atoms with E-state index in [1.165, 1.54) is 30.0 Å². The average Bonchev–Trinajstić information content (AvgIpc) is 3.08. The average molecular weight is 462 g/mol. The molecule has 1 atom stereocenters. The van der Waals surface area contributed by atoms with Crippen LogP contribution in [0.5, 0.6) is 5.75 Å². The standard InChI is InChI=1S/C20H20ClN5O4S/c1-12-5-4-6-15(9-12)30-13(2)19-23-24-20(25(19)3)31-11-18(27)22-17-10-14(26(28)29)7-8-16(17)21/h4-10,13H,11H2,1-3H3,(H,22,27). The maximum absolute atomic E-state index is 12.3. The van der Waals surface area contributed by atoms with Crippen LogP contribution in [-0.4, -0.2) is 31.3 Å². The first-order valence-corrected chi connectivity index (χ1v) is 10.6. The summed E-state index contributed by atoms with van der Waals surface area (Å²) in [6, 6.07) is 11.6. The third kappa shape index (κ3) is 5.74. The van der Waals surface area contributed by atoms with Crippen LogP contribution >= 0.6 is 23.4 Å². The van der Waals surface area contributed by atoms with Crippen LogP contribution < -0.4 is 10.1 Å². The number of rotatable bonds is 8. The lowest BCUT2D eigenvalue weighted by Gasteiger charge is -2.14. The van der Waals surface area contributed by atoms with Gasteiger partial charge in [0, 0.05) is 19.2 Å². The number of ether oxygens (including phenoxy) is 1. The lowest BCUT2D eigenvalue weighted by molar-refractivity contribution is -0.384. The molecule has 0 fully saturated rings. The highest BCUT2D eigenvalue weighted by molar-refractivity contribution is 7.99. The molecule has 0 saturated heterocycles. The summed E-state index contributed by atoms with van der Waals surface area (Å²) in [7, 11) is 1.79. The Balaban J connectivity index is 1.61. The van der Waals surface area contributed by atoms with E-state index in [-0.39, 0.29) is 34.2 Å².